The second-order valence-corrected chi connectivity index (χ2v) is 3.92. The molecule has 1 saturated heterocycles. The molecular weight excluding hydrogens is 204 g/mol. The lowest BCUT2D eigenvalue weighted by Gasteiger charge is -2.38. The van der Waals surface area contributed by atoms with Gasteiger partial charge in [0.25, 0.3) is 0 Å². The Bertz CT molecular complexity index is 341. The Morgan fingerprint density at radius 2 is 2.31 bits per heavy atom. The van der Waals surface area contributed by atoms with Crippen molar-refractivity contribution in [2.75, 3.05) is 31.6 Å². The van der Waals surface area contributed by atoms with Crippen molar-refractivity contribution < 1.29 is 4.74 Å². The molecule has 1 N–H and O–H groups in total. The van der Waals surface area contributed by atoms with Gasteiger partial charge >= 0.3 is 0 Å². The maximum absolute atomic E-state index is 5.12. The van der Waals surface area contributed by atoms with Crippen LogP contribution in [0.15, 0.2) is 12.4 Å². The summed E-state index contributed by atoms with van der Waals surface area (Å²) in [6.07, 6.45) is 2.67. The Kier molecular flexibility index (Phi) is 3.56. The first-order valence-corrected chi connectivity index (χ1v) is 5.68. The standard InChI is InChI=1S/C11H18N4O/c1-3-4-15(9-6-12-7-9)10-5-11(16-2)14-8-13-10/h5,8-9,12H,3-4,6-7H2,1-2H3. The largest absolute Gasteiger partial charge is 0.481 e. The number of methoxy groups -OCH3 is 1. The molecule has 0 spiro atoms. The van der Waals surface area contributed by atoms with Crippen LogP contribution in [0.3, 0.4) is 0 Å². The predicted molar refractivity (Wildman–Crippen MR) is 62.9 cm³/mol. The van der Waals surface area contributed by atoms with Crippen LogP contribution in [0.5, 0.6) is 5.88 Å². The lowest BCUT2D eigenvalue weighted by molar-refractivity contribution is 0.392. The summed E-state index contributed by atoms with van der Waals surface area (Å²) in [4.78, 5) is 10.7. The lowest BCUT2D eigenvalue weighted by Crippen LogP contribution is -2.57. The van der Waals surface area contributed by atoms with Gasteiger partial charge in [-0.15, -0.1) is 0 Å². The summed E-state index contributed by atoms with van der Waals surface area (Å²) in [6, 6.07) is 2.45. The van der Waals surface area contributed by atoms with Crippen LogP contribution in [0.1, 0.15) is 13.3 Å². The van der Waals surface area contributed by atoms with Crippen LogP contribution >= 0.6 is 0 Å². The Hall–Kier alpha value is -1.36. The van der Waals surface area contributed by atoms with E-state index in [0.29, 0.717) is 11.9 Å². The highest BCUT2D eigenvalue weighted by Crippen LogP contribution is 2.19. The molecule has 2 heterocycles. The lowest BCUT2D eigenvalue weighted by atomic mass is 10.1. The summed E-state index contributed by atoms with van der Waals surface area (Å²) in [5.41, 5.74) is 0. The van der Waals surface area contributed by atoms with E-state index in [1.54, 1.807) is 13.4 Å². The molecule has 1 aliphatic heterocycles. The second kappa shape index (κ2) is 5.12. The minimum absolute atomic E-state index is 0.555. The molecular formula is C11H18N4O. The average molecular weight is 222 g/mol. The van der Waals surface area contributed by atoms with Gasteiger partial charge in [0.05, 0.1) is 13.2 Å². The summed E-state index contributed by atoms with van der Waals surface area (Å²) in [7, 11) is 1.63. The normalized spacial score (nSPS) is 15.6. The average Bonchev–Trinajstić information content (AvgIpc) is 2.26. The summed E-state index contributed by atoms with van der Waals surface area (Å²) >= 11 is 0. The molecule has 0 bridgehead atoms. The van der Waals surface area contributed by atoms with Crippen LogP contribution < -0.4 is 15.0 Å². The van der Waals surface area contributed by atoms with Crippen LogP contribution in [0, 0.1) is 0 Å². The van der Waals surface area contributed by atoms with Crippen molar-refractivity contribution in [3.05, 3.63) is 12.4 Å². The van der Waals surface area contributed by atoms with Crippen molar-refractivity contribution in [3.63, 3.8) is 0 Å². The number of hydrogen-bond acceptors (Lipinski definition) is 5. The smallest absolute Gasteiger partial charge is 0.218 e. The number of nitrogens with one attached hydrogen (secondary N) is 1. The van der Waals surface area contributed by atoms with E-state index in [0.717, 1.165) is 31.9 Å². The fraction of sp³-hybridized carbons (Fsp3) is 0.636. The number of ether oxygens (including phenoxy) is 1. The predicted octanol–water partition coefficient (Wildman–Crippen LogP) is 0.673. The minimum atomic E-state index is 0.555. The molecule has 1 aliphatic rings. The van der Waals surface area contributed by atoms with E-state index >= 15 is 0 Å². The third kappa shape index (κ3) is 2.24. The summed E-state index contributed by atoms with van der Waals surface area (Å²) in [5, 5.41) is 3.28. The molecule has 0 aliphatic carbocycles. The highest BCUT2D eigenvalue weighted by atomic mass is 16.5. The number of rotatable bonds is 5. The number of anilines is 1. The van der Waals surface area contributed by atoms with Crippen molar-refractivity contribution >= 4 is 5.82 Å². The molecule has 0 unspecified atom stereocenters. The molecule has 5 nitrogen and oxygen atoms in total. The van der Waals surface area contributed by atoms with Gasteiger partial charge in [0.15, 0.2) is 0 Å². The van der Waals surface area contributed by atoms with Crippen molar-refractivity contribution in [2.45, 2.75) is 19.4 Å². The molecule has 0 atom stereocenters. The summed E-state index contributed by atoms with van der Waals surface area (Å²) in [6.45, 7) is 5.27. The van der Waals surface area contributed by atoms with Crippen LogP contribution in [-0.4, -0.2) is 42.8 Å². The van der Waals surface area contributed by atoms with Gasteiger partial charge in [0.1, 0.15) is 12.1 Å². The van der Waals surface area contributed by atoms with Gasteiger partial charge in [-0.2, -0.15) is 0 Å². The monoisotopic (exact) mass is 222 g/mol. The topological polar surface area (TPSA) is 50.3 Å². The first-order chi connectivity index (χ1) is 7.85. The van der Waals surface area contributed by atoms with Gasteiger partial charge in [-0.1, -0.05) is 6.92 Å². The molecule has 2 rings (SSSR count). The van der Waals surface area contributed by atoms with Crippen molar-refractivity contribution in [2.24, 2.45) is 0 Å². The van der Waals surface area contributed by atoms with Crippen LogP contribution in [0.2, 0.25) is 0 Å². The fourth-order valence-electron chi connectivity index (χ4n) is 1.82. The van der Waals surface area contributed by atoms with Gasteiger partial charge in [-0.3, -0.25) is 0 Å². The third-order valence-corrected chi connectivity index (χ3v) is 2.80. The van der Waals surface area contributed by atoms with Gasteiger partial charge < -0.3 is 15.0 Å². The van der Waals surface area contributed by atoms with Crippen molar-refractivity contribution in [3.8, 4) is 5.88 Å². The van der Waals surface area contributed by atoms with E-state index in [4.69, 9.17) is 4.74 Å². The molecule has 1 aromatic heterocycles. The molecule has 1 aromatic rings. The van der Waals surface area contributed by atoms with E-state index in [1.165, 1.54) is 0 Å². The Labute approximate surface area is 95.8 Å². The molecule has 88 valence electrons. The highest BCUT2D eigenvalue weighted by Gasteiger charge is 2.25. The molecule has 0 aromatic carbocycles. The molecule has 5 heteroatoms. The van der Waals surface area contributed by atoms with Gasteiger partial charge in [-0.25, -0.2) is 9.97 Å². The van der Waals surface area contributed by atoms with Gasteiger partial charge in [0, 0.05) is 25.7 Å². The SMILES string of the molecule is CCCN(c1cc(OC)ncn1)C1CNC1. The van der Waals surface area contributed by atoms with Crippen molar-refractivity contribution in [1.82, 2.24) is 15.3 Å². The summed E-state index contributed by atoms with van der Waals surface area (Å²) < 4.78 is 5.12. The van der Waals surface area contributed by atoms with Gasteiger partial charge in [0.2, 0.25) is 5.88 Å². The van der Waals surface area contributed by atoms with Crippen LogP contribution in [-0.2, 0) is 0 Å². The zero-order valence-corrected chi connectivity index (χ0v) is 9.81. The van der Waals surface area contributed by atoms with E-state index in [9.17, 15) is 0 Å². The van der Waals surface area contributed by atoms with Crippen LogP contribution in [0.4, 0.5) is 5.82 Å². The minimum Gasteiger partial charge on any atom is -0.481 e. The molecule has 1 fully saturated rings. The van der Waals surface area contributed by atoms with Gasteiger partial charge in [-0.05, 0) is 6.42 Å². The van der Waals surface area contributed by atoms with Crippen LogP contribution in [0.25, 0.3) is 0 Å². The van der Waals surface area contributed by atoms with E-state index in [1.807, 2.05) is 6.07 Å². The zero-order valence-electron chi connectivity index (χ0n) is 9.81. The maximum atomic E-state index is 5.12. The Morgan fingerprint density at radius 1 is 1.50 bits per heavy atom. The highest BCUT2D eigenvalue weighted by molar-refractivity contribution is 5.42. The first kappa shape index (κ1) is 11.1. The van der Waals surface area contributed by atoms with E-state index in [-0.39, 0.29) is 0 Å². The Balaban J connectivity index is 2.16. The zero-order chi connectivity index (χ0) is 11.4. The maximum Gasteiger partial charge on any atom is 0.218 e. The second-order valence-electron chi connectivity index (χ2n) is 3.92. The first-order valence-electron chi connectivity index (χ1n) is 5.68. The quantitative estimate of drug-likeness (QED) is 0.793. The molecule has 0 saturated carbocycles. The van der Waals surface area contributed by atoms with E-state index < -0.39 is 0 Å². The third-order valence-electron chi connectivity index (χ3n) is 2.80. The summed E-state index contributed by atoms with van der Waals surface area (Å²) in [5.74, 6) is 1.58. The molecule has 0 amide bonds. The Morgan fingerprint density at radius 3 is 2.88 bits per heavy atom. The number of nitrogens with zero attached hydrogens (tertiary/aromatic N) is 3. The number of aromatic nitrogens is 2. The van der Waals surface area contributed by atoms with Crippen molar-refractivity contribution in [1.29, 1.82) is 0 Å². The molecule has 0 radical (unpaired) electrons. The van der Waals surface area contributed by atoms with E-state index in [2.05, 4.69) is 27.1 Å². The molecule has 16 heavy (non-hydrogen) atoms. The fourth-order valence-corrected chi connectivity index (χ4v) is 1.82. The number of hydrogen-bond donors (Lipinski definition) is 1.